The highest BCUT2D eigenvalue weighted by atomic mass is 32.2. The summed E-state index contributed by atoms with van der Waals surface area (Å²) in [5.41, 5.74) is 9.73. The zero-order valence-electron chi connectivity index (χ0n) is 79.5. The van der Waals surface area contributed by atoms with Crippen LogP contribution in [0.5, 0.6) is 0 Å². The van der Waals surface area contributed by atoms with E-state index in [0.29, 0.717) is 86.1 Å². The molecule has 20 rings (SSSR count). The summed E-state index contributed by atoms with van der Waals surface area (Å²) in [5, 5.41) is 21.2. The average Bonchev–Trinajstić information content (AvgIpc) is 1.53. The first-order valence-electron chi connectivity index (χ1n) is 49.9. The summed E-state index contributed by atoms with van der Waals surface area (Å²) >= 11 is 0. The molecule has 4 aromatic heterocycles. The number of halogens is 4. The van der Waals surface area contributed by atoms with E-state index in [9.17, 15) is 59.5 Å². The molecule has 7 amide bonds. The van der Waals surface area contributed by atoms with Crippen LogP contribution in [0.15, 0.2) is 195 Å². The van der Waals surface area contributed by atoms with Crippen LogP contribution in [-0.2, 0) is 43.2 Å². The summed E-state index contributed by atoms with van der Waals surface area (Å²) < 4.78 is 114. The van der Waals surface area contributed by atoms with Crippen LogP contribution >= 0.6 is 0 Å². The number of rotatable bonds is 20. The third-order valence-electron chi connectivity index (χ3n) is 30.6. The van der Waals surface area contributed by atoms with E-state index < -0.39 is 10.0 Å². The molecule has 8 saturated carbocycles. The molecular formula is C109H124F4N12O15S. The van der Waals surface area contributed by atoms with Gasteiger partial charge in [-0.15, -0.1) is 0 Å². The number of carbonyl (C=O) groups excluding carboxylic acids is 7. The van der Waals surface area contributed by atoms with Gasteiger partial charge in [0.05, 0.1) is 67.0 Å². The number of nitrogens with zero attached hydrogens (tertiary/aromatic N) is 4. The first-order chi connectivity index (χ1) is 68.3. The smallest absolute Gasteiger partial charge is 0.407 e. The van der Waals surface area contributed by atoms with Gasteiger partial charge < -0.3 is 65.6 Å². The summed E-state index contributed by atoms with van der Waals surface area (Å²) in [4.78, 5) is 102. The lowest BCUT2D eigenvalue weighted by molar-refractivity contribution is -0.119. The van der Waals surface area contributed by atoms with Gasteiger partial charge >= 0.3 is 36.6 Å². The minimum Gasteiger partial charge on any atom is -0.450 e. The van der Waals surface area contributed by atoms with Crippen LogP contribution in [0.1, 0.15) is 160 Å². The van der Waals surface area contributed by atoms with Crippen molar-refractivity contribution in [3.8, 4) is 44.5 Å². The monoisotopic (exact) mass is 1950 g/mol. The number of sulfonamides is 1. The largest absolute Gasteiger partial charge is 0.450 e. The molecule has 4 aliphatic heterocycles. The van der Waals surface area contributed by atoms with Gasteiger partial charge in [-0.1, -0.05) is 97.1 Å². The molecule has 24 atom stereocenters. The number of ether oxygens (including phenoxy) is 6. The molecule has 8 aliphatic carbocycles. The van der Waals surface area contributed by atoms with Crippen molar-refractivity contribution in [3.63, 3.8) is 0 Å². The highest BCUT2D eigenvalue weighted by Gasteiger charge is 2.56. The van der Waals surface area contributed by atoms with Crippen LogP contribution in [0.2, 0.25) is 0 Å². The zero-order valence-corrected chi connectivity index (χ0v) is 80.3. The molecule has 0 spiro atoms. The van der Waals surface area contributed by atoms with Crippen LogP contribution in [0.3, 0.4) is 0 Å². The Morgan fingerprint density at radius 3 is 1.09 bits per heavy atom. The fourth-order valence-electron chi connectivity index (χ4n) is 24.6. The second kappa shape index (κ2) is 45.8. The van der Waals surface area contributed by atoms with Gasteiger partial charge in [-0.05, 0) is 315 Å². The van der Waals surface area contributed by atoms with Gasteiger partial charge in [0.2, 0.25) is 15.9 Å². The fraction of sp³-hybridized carbons (Fsp3) is 0.459. The minimum atomic E-state index is -3.29. The average molecular weight is 1950 g/mol. The maximum atomic E-state index is 13.6. The third-order valence-corrected chi connectivity index (χ3v) is 32.1. The van der Waals surface area contributed by atoms with Crippen molar-refractivity contribution in [1.29, 1.82) is 0 Å². The van der Waals surface area contributed by atoms with Gasteiger partial charge in [-0.25, -0.2) is 59.5 Å². The quantitative estimate of drug-likeness (QED) is 0.0259. The van der Waals surface area contributed by atoms with Crippen LogP contribution in [0.25, 0.3) is 68.8 Å². The number of nitrogens with one attached hydrogen (secondary N) is 8. The number of carbonyl (C=O) groups is 7. The minimum absolute atomic E-state index is 0.0388. The number of hydrogen-bond donors (Lipinski definition) is 8. The lowest BCUT2D eigenvalue weighted by atomic mass is 9.59. The summed E-state index contributed by atoms with van der Waals surface area (Å²) in [5.74, 6) is 3.02. The number of pyridine rings is 4. The Morgan fingerprint density at radius 2 is 0.716 bits per heavy atom. The molecule has 0 unspecified atom stereocenters. The van der Waals surface area contributed by atoms with Crippen molar-refractivity contribution >= 4 is 76.8 Å². The Hall–Kier alpha value is -12.8. The highest BCUT2D eigenvalue weighted by molar-refractivity contribution is 7.89. The first-order valence-corrected chi connectivity index (χ1v) is 51.5. The van der Waals surface area contributed by atoms with Crippen LogP contribution in [0, 0.1) is 106 Å². The molecule has 12 fully saturated rings. The third kappa shape index (κ3) is 25.2. The summed E-state index contributed by atoms with van der Waals surface area (Å²) in [6.45, 7) is 8.58. The highest BCUT2D eigenvalue weighted by Crippen LogP contribution is 2.53. The molecule has 0 radical (unpaired) electrons. The second-order valence-electron chi connectivity index (χ2n) is 39.3. The van der Waals surface area contributed by atoms with E-state index in [2.05, 4.69) is 86.2 Å². The van der Waals surface area contributed by atoms with E-state index in [1.165, 1.54) is 48.5 Å². The topological polar surface area (TPSA) is 357 Å². The molecular weight excluding hydrogens is 1830 g/mol. The van der Waals surface area contributed by atoms with Crippen molar-refractivity contribution in [2.45, 2.75) is 197 Å². The van der Waals surface area contributed by atoms with Crippen LogP contribution in [0.4, 0.5) is 46.3 Å². The standard InChI is InChI=1S/C28H32FN3O3.C27H32FN3O4S.2C27H30FN3O4/c1-2-35-28(34)31-23-9-10-24-19(14-23)12-20-15-26(33)32-27(20)25(24)11-8-22-7-6-18(16-30-22)17-4-3-5-21(29)13-17;1-2-35-27(32)30-23-9-10-24-19(14-23)12-20-16-36(33,34)31-26(20)25(24)11-8-22-7-6-18(15-29-22)17-4-3-5-21(28)13-17;1-2-34-26(32)30-21-9-10-22-18(13-21)14-24-25(31-27(33)35-24)23(22)11-8-20-7-6-17(15-29-20)16-4-3-5-19(28)12-16;1-2-34-26(32)30-21-9-10-22-18(13-21)14-24-25(35-27(33)31-24)23(22)11-8-20-7-6-17(15-29-20)16-4-3-5-19(28)12-16/h3-8,11,13,16,19-20,23-25,27H,2,9-10,12,14-15H2,1H3,(H,31,34)(H,32,33);3-8,11,13,15,19-20,23-26,31H,2,9-10,12,14,16H2,1H3,(H,30,32);2*3-8,11-12,15,18,21-25H,2,9-10,13-14H2,1H3,(H,30,32)(H,31,33)/b4*11-8+/t19-,20+,23-,24-,25+,27-;19-,20+,23-,24-,25+,26-;2*18-,21+,22+,23-,24+,25-/m1100/s1. The number of aromatic nitrogens is 4. The molecule has 8 heterocycles. The first kappa shape index (κ1) is 99.7. The van der Waals surface area contributed by atoms with Crippen molar-refractivity contribution in [2.24, 2.45) is 82.9 Å². The van der Waals surface area contributed by atoms with E-state index >= 15 is 0 Å². The van der Waals surface area contributed by atoms with Gasteiger partial charge in [0.15, 0.2) is 0 Å². The molecule has 12 aliphatic rings. The molecule has 27 nitrogen and oxygen atoms in total. The van der Waals surface area contributed by atoms with Crippen molar-refractivity contribution in [3.05, 3.63) is 241 Å². The predicted octanol–water partition coefficient (Wildman–Crippen LogP) is 19.2. The maximum Gasteiger partial charge on any atom is 0.407 e. The second-order valence-corrected chi connectivity index (χ2v) is 41.1. The predicted molar refractivity (Wildman–Crippen MR) is 525 cm³/mol. The van der Waals surface area contributed by atoms with Gasteiger partial charge in [-0.2, -0.15) is 0 Å². The van der Waals surface area contributed by atoms with Crippen molar-refractivity contribution in [2.75, 3.05) is 32.2 Å². The number of alkyl carbamates (subject to hydrolysis) is 6. The maximum absolute atomic E-state index is 13.6. The molecule has 4 saturated heterocycles. The molecule has 32 heteroatoms. The van der Waals surface area contributed by atoms with E-state index in [0.717, 1.165) is 170 Å². The summed E-state index contributed by atoms with van der Waals surface area (Å²) in [7, 11) is -3.29. The summed E-state index contributed by atoms with van der Waals surface area (Å²) in [6, 6.07) is 41.5. The molecule has 8 aromatic rings. The van der Waals surface area contributed by atoms with Gasteiger partial charge in [0.25, 0.3) is 0 Å². The van der Waals surface area contributed by atoms with E-state index in [-0.39, 0.29) is 162 Å². The number of benzene rings is 4. The van der Waals surface area contributed by atoms with Gasteiger partial charge in [-0.3, -0.25) is 24.7 Å². The lowest BCUT2D eigenvalue weighted by Gasteiger charge is -2.47. The Morgan fingerprint density at radius 1 is 0.376 bits per heavy atom. The van der Waals surface area contributed by atoms with Crippen LogP contribution in [-0.4, -0.2) is 164 Å². The molecule has 744 valence electrons. The van der Waals surface area contributed by atoms with Crippen LogP contribution < -0.4 is 41.9 Å². The normalized spacial score (nSPS) is 30.0. The van der Waals surface area contributed by atoms with Gasteiger partial charge in [0.1, 0.15) is 35.5 Å². The molecule has 4 aromatic carbocycles. The molecule has 0 bridgehead atoms. The Bertz CT molecular complexity index is 5570. The van der Waals surface area contributed by atoms with E-state index in [1.54, 1.807) is 69.8 Å². The number of fused-ring (bicyclic) bond motifs is 8. The Balaban J connectivity index is 0.000000130. The van der Waals surface area contributed by atoms with Crippen molar-refractivity contribution in [1.82, 2.24) is 61.9 Å². The molecule has 141 heavy (non-hydrogen) atoms. The summed E-state index contributed by atoms with van der Waals surface area (Å²) in [6.07, 6.45) is 35.8. The van der Waals surface area contributed by atoms with E-state index in [4.69, 9.17) is 28.4 Å². The molecule has 8 N–H and O–H groups in total. The Labute approximate surface area is 819 Å². The fourth-order valence-corrected chi connectivity index (χ4v) is 26.3. The SMILES string of the molecule is CCOC(=O)N[C@@H]1CC[C@@H]2[C@@H](C1)C[C@H]1CC(=O)N[C@H]1[C@H]2/C=C/c1ccc(-c2cccc(F)c2)cn1.CCOC(=O)N[C@@H]1CC[C@@H]2[C@@H](C1)C[C@H]1CS(=O)(=O)N[C@H]1[C@H]2/C=C/c1ccc(-c2cccc(F)c2)cn1.CCOC(=O)N[C@@H]1CC[C@@H]2[C@@H](C1)C[C@H]1NC(=O)O[C@H]1[C@H]2/C=C/c1ccc(-c2cccc(F)c2)cn1.CCOC(=O)N[C@@H]1CC[C@@H]2[C@@H](C1)C[C@H]1OC(=O)N[C@H]1[C@H]2/C=C/c1ccc(-c2cccc(F)c2)cn1. The van der Waals surface area contributed by atoms with Gasteiger partial charge in [0, 0.05) is 107 Å². The lowest BCUT2D eigenvalue weighted by Crippen LogP contribution is -2.52. The number of hydrogen-bond acceptors (Lipinski definition) is 19. The Kier molecular flexibility index (Phi) is 32.4. The van der Waals surface area contributed by atoms with Crippen molar-refractivity contribution < 1.29 is 88.0 Å². The zero-order chi connectivity index (χ0) is 98.4. The van der Waals surface area contributed by atoms with E-state index in [1.807, 2.05) is 104 Å². The number of amides is 7.